The summed E-state index contributed by atoms with van der Waals surface area (Å²) in [5.74, 6) is 0.810. The number of halogens is 1. The molecule has 0 spiro atoms. The van der Waals surface area contributed by atoms with E-state index in [1.807, 2.05) is 31.2 Å². The topological polar surface area (TPSA) is 38.7 Å². The van der Waals surface area contributed by atoms with Crippen LogP contribution in [0.3, 0.4) is 0 Å². The van der Waals surface area contributed by atoms with E-state index in [0.717, 1.165) is 22.3 Å². The van der Waals surface area contributed by atoms with Crippen molar-refractivity contribution < 1.29 is 0 Å². The Morgan fingerprint density at radius 2 is 2.00 bits per heavy atom. The lowest BCUT2D eigenvalue weighted by Gasteiger charge is -1.99. The standard InChI is InChI=1S/C11H11N3S.ClH/c1-9-5-7-13-11(14-9)15-8-10-4-2-3-6-12-10;/h2-7H,8H2,1H3;1H. The second-order valence-electron chi connectivity index (χ2n) is 3.09. The minimum Gasteiger partial charge on any atom is -0.260 e. The molecule has 0 unspecified atom stereocenters. The van der Waals surface area contributed by atoms with Gasteiger partial charge in [0.2, 0.25) is 0 Å². The molecule has 84 valence electrons. The first-order valence-electron chi connectivity index (χ1n) is 4.67. The SMILES string of the molecule is Cc1ccnc(SCc2ccccn2)n1.Cl. The Morgan fingerprint density at radius 3 is 2.69 bits per heavy atom. The van der Waals surface area contributed by atoms with Crippen molar-refractivity contribution in [3.8, 4) is 0 Å². The second-order valence-corrected chi connectivity index (χ2v) is 4.03. The largest absolute Gasteiger partial charge is 0.260 e. The van der Waals surface area contributed by atoms with Crippen LogP contribution >= 0.6 is 24.2 Å². The lowest BCUT2D eigenvalue weighted by molar-refractivity contribution is 0.930. The molecule has 0 N–H and O–H groups in total. The summed E-state index contributed by atoms with van der Waals surface area (Å²) >= 11 is 1.60. The van der Waals surface area contributed by atoms with Crippen LogP contribution < -0.4 is 0 Å². The molecule has 3 nitrogen and oxygen atoms in total. The van der Waals surface area contributed by atoms with E-state index in [2.05, 4.69) is 15.0 Å². The molecule has 0 saturated carbocycles. The molecule has 0 radical (unpaired) electrons. The van der Waals surface area contributed by atoms with Crippen LogP contribution in [0.25, 0.3) is 0 Å². The van der Waals surface area contributed by atoms with Crippen molar-refractivity contribution in [3.63, 3.8) is 0 Å². The molecule has 0 aliphatic carbocycles. The normalized spacial score (nSPS) is 9.56. The summed E-state index contributed by atoms with van der Waals surface area (Å²) in [6.45, 7) is 1.96. The van der Waals surface area contributed by atoms with Gasteiger partial charge in [-0.1, -0.05) is 17.8 Å². The third kappa shape index (κ3) is 3.79. The Bertz CT molecular complexity index is 436. The number of rotatable bonds is 3. The number of aromatic nitrogens is 3. The summed E-state index contributed by atoms with van der Waals surface area (Å²) in [4.78, 5) is 12.7. The van der Waals surface area contributed by atoms with E-state index in [1.165, 1.54) is 0 Å². The van der Waals surface area contributed by atoms with Crippen molar-refractivity contribution in [1.82, 2.24) is 15.0 Å². The predicted octanol–water partition coefficient (Wildman–Crippen LogP) is 2.89. The van der Waals surface area contributed by atoms with E-state index >= 15 is 0 Å². The molecule has 2 aromatic rings. The van der Waals surface area contributed by atoms with Crippen LogP contribution in [0, 0.1) is 6.92 Å². The Kier molecular flexibility index (Phi) is 5.22. The van der Waals surface area contributed by atoms with Crippen LogP contribution in [0.2, 0.25) is 0 Å². The number of hydrogen-bond acceptors (Lipinski definition) is 4. The Balaban J connectivity index is 0.00000128. The van der Waals surface area contributed by atoms with Gasteiger partial charge in [-0.25, -0.2) is 9.97 Å². The smallest absolute Gasteiger partial charge is 0.188 e. The maximum Gasteiger partial charge on any atom is 0.188 e. The van der Waals surface area contributed by atoms with Gasteiger partial charge in [-0.3, -0.25) is 4.98 Å². The molecule has 0 saturated heterocycles. The minimum absolute atomic E-state index is 0. The number of nitrogens with zero attached hydrogens (tertiary/aromatic N) is 3. The van der Waals surface area contributed by atoms with Crippen molar-refractivity contribution in [2.24, 2.45) is 0 Å². The quantitative estimate of drug-likeness (QED) is 0.623. The van der Waals surface area contributed by atoms with Crippen molar-refractivity contribution in [1.29, 1.82) is 0 Å². The van der Waals surface area contributed by atoms with Gasteiger partial charge in [0.15, 0.2) is 5.16 Å². The van der Waals surface area contributed by atoms with Crippen molar-refractivity contribution >= 4 is 24.2 Å². The minimum atomic E-state index is 0. The number of hydrogen-bond donors (Lipinski definition) is 0. The maximum atomic E-state index is 4.31. The van der Waals surface area contributed by atoms with Gasteiger partial charge in [-0.2, -0.15) is 0 Å². The summed E-state index contributed by atoms with van der Waals surface area (Å²) < 4.78 is 0. The van der Waals surface area contributed by atoms with Gasteiger partial charge < -0.3 is 0 Å². The molecule has 0 aliphatic heterocycles. The van der Waals surface area contributed by atoms with Gasteiger partial charge >= 0.3 is 0 Å². The molecular weight excluding hydrogens is 242 g/mol. The van der Waals surface area contributed by atoms with E-state index in [4.69, 9.17) is 0 Å². The van der Waals surface area contributed by atoms with E-state index in [-0.39, 0.29) is 12.4 Å². The summed E-state index contributed by atoms with van der Waals surface area (Å²) in [5.41, 5.74) is 2.04. The van der Waals surface area contributed by atoms with Gasteiger partial charge in [0.25, 0.3) is 0 Å². The Morgan fingerprint density at radius 1 is 1.12 bits per heavy atom. The molecule has 2 heterocycles. The number of aryl methyl sites for hydroxylation is 1. The third-order valence-electron chi connectivity index (χ3n) is 1.85. The lowest BCUT2D eigenvalue weighted by Crippen LogP contribution is -1.90. The summed E-state index contributed by atoms with van der Waals surface area (Å²) in [6, 6.07) is 7.80. The monoisotopic (exact) mass is 253 g/mol. The molecule has 0 fully saturated rings. The molecule has 0 amide bonds. The molecule has 0 bridgehead atoms. The first-order valence-corrected chi connectivity index (χ1v) is 5.65. The van der Waals surface area contributed by atoms with Crippen molar-refractivity contribution in [2.75, 3.05) is 0 Å². The van der Waals surface area contributed by atoms with Gasteiger partial charge in [-0.05, 0) is 25.1 Å². The third-order valence-corrected chi connectivity index (χ3v) is 2.74. The van der Waals surface area contributed by atoms with Crippen LogP contribution in [0.5, 0.6) is 0 Å². The predicted molar refractivity (Wildman–Crippen MR) is 67.8 cm³/mol. The van der Waals surface area contributed by atoms with Crippen molar-refractivity contribution in [3.05, 3.63) is 48.0 Å². The van der Waals surface area contributed by atoms with Crippen LogP contribution in [-0.4, -0.2) is 15.0 Å². The number of pyridine rings is 1. The molecule has 2 aromatic heterocycles. The summed E-state index contributed by atoms with van der Waals surface area (Å²) in [6.07, 6.45) is 3.58. The molecule has 0 aromatic carbocycles. The second kappa shape index (κ2) is 6.45. The highest BCUT2D eigenvalue weighted by Crippen LogP contribution is 2.17. The zero-order valence-electron chi connectivity index (χ0n) is 8.83. The van der Waals surface area contributed by atoms with Crippen LogP contribution in [0.4, 0.5) is 0 Å². The average molecular weight is 254 g/mol. The fourth-order valence-electron chi connectivity index (χ4n) is 1.12. The van der Waals surface area contributed by atoms with Crippen LogP contribution in [0.15, 0.2) is 41.8 Å². The number of thioether (sulfide) groups is 1. The maximum absolute atomic E-state index is 4.31. The van der Waals surface area contributed by atoms with Gasteiger partial charge in [-0.15, -0.1) is 12.4 Å². The average Bonchev–Trinajstić information content (AvgIpc) is 2.28. The molecular formula is C11H12ClN3S. The van der Waals surface area contributed by atoms with E-state index in [1.54, 1.807) is 24.2 Å². The van der Waals surface area contributed by atoms with Crippen molar-refractivity contribution in [2.45, 2.75) is 17.8 Å². The fourth-order valence-corrected chi connectivity index (χ4v) is 1.91. The lowest BCUT2D eigenvalue weighted by atomic mass is 10.4. The highest BCUT2D eigenvalue weighted by Gasteiger charge is 1.99. The Labute approximate surface area is 105 Å². The first kappa shape index (κ1) is 12.9. The zero-order valence-corrected chi connectivity index (χ0v) is 10.5. The highest BCUT2D eigenvalue weighted by atomic mass is 35.5. The molecule has 0 atom stereocenters. The Hall–Kier alpha value is -1.13. The first-order chi connectivity index (χ1) is 7.34. The molecule has 2 rings (SSSR count). The molecule has 5 heteroatoms. The van der Waals surface area contributed by atoms with Gasteiger partial charge in [0, 0.05) is 23.8 Å². The summed E-state index contributed by atoms with van der Waals surface area (Å²) in [7, 11) is 0. The van der Waals surface area contributed by atoms with Crippen LogP contribution in [-0.2, 0) is 5.75 Å². The van der Waals surface area contributed by atoms with E-state index in [0.29, 0.717) is 0 Å². The fraction of sp³-hybridized carbons (Fsp3) is 0.182. The van der Waals surface area contributed by atoms with E-state index < -0.39 is 0 Å². The molecule has 0 aliphatic rings. The van der Waals surface area contributed by atoms with Gasteiger partial charge in [0.05, 0.1) is 5.69 Å². The zero-order chi connectivity index (χ0) is 10.5. The highest BCUT2D eigenvalue weighted by molar-refractivity contribution is 7.98. The van der Waals surface area contributed by atoms with Gasteiger partial charge in [0.1, 0.15) is 0 Å². The van der Waals surface area contributed by atoms with E-state index in [9.17, 15) is 0 Å². The summed E-state index contributed by atoms with van der Waals surface area (Å²) in [5, 5.41) is 0.806. The molecule has 16 heavy (non-hydrogen) atoms. The van der Waals surface area contributed by atoms with Crippen LogP contribution in [0.1, 0.15) is 11.4 Å².